The smallest absolute Gasteiger partial charge is 0.167 e. The van der Waals surface area contributed by atoms with Crippen LogP contribution in [0.2, 0.25) is 0 Å². The fourth-order valence-corrected chi connectivity index (χ4v) is 3.53. The topological polar surface area (TPSA) is 25.1 Å². The SMILES string of the molecule is Fc1c(-c2ccc(CC3CO3)cc2)ccc(-c2ccc(CC3CO3)cc2)c1F. The summed E-state index contributed by atoms with van der Waals surface area (Å²) >= 11 is 0. The van der Waals surface area contributed by atoms with Gasteiger partial charge in [-0.1, -0.05) is 60.7 Å². The fraction of sp³-hybridized carbons (Fsp3) is 0.250. The maximum atomic E-state index is 14.8. The van der Waals surface area contributed by atoms with Crippen LogP contribution in [0.3, 0.4) is 0 Å². The zero-order valence-corrected chi connectivity index (χ0v) is 15.3. The second-order valence-electron chi connectivity index (χ2n) is 7.50. The van der Waals surface area contributed by atoms with Crippen molar-refractivity contribution in [1.29, 1.82) is 0 Å². The van der Waals surface area contributed by atoms with Crippen molar-refractivity contribution in [3.05, 3.63) is 83.4 Å². The lowest BCUT2D eigenvalue weighted by molar-refractivity contribution is 0.407. The summed E-state index contributed by atoms with van der Waals surface area (Å²) in [5, 5.41) is 0. The van der Waals surface area contributed by atoms with Crippen LogP contribution in [-0.4, -0.2) is 25.4 Å². The molecule has 2 aliphatic heterocycles. The summed E-state index contributed by atoms with van der Waals surface area (Å²) in [5.74, 6) is -1.63. The third kappa shape index (κ3) is 3.71. The van der Waals surface area contributed by atoms with Gasteiger partial charge in [0.25, 0.3) is 0 Å². The number of rotatable bonds is 6. The predicted octanol–water partition coefficient (Wildman–Crippen LogP) is 5.18. The molecule has 0 bridgehead atoms. The average molecular weight is 378 g/mol. The fourth-order valence-electron chi connectivity index (χ4n) is 3.53. The minimum absolute atomic E-state index is 0.276. The lowest BCUT2D eigenvalue weighted by Crippen LogP contribution is -1.96. The van der Waals surface area contributed by atoms with Crippen LogP contribution in [0.1, 0.15) is 11.1 Å². The van der Waals surface area contributed by atoms with E-state index in [9.17, 15) is 8.78 Å². The molecule has 2 saturated heterocycles. The van der Waals surface area contributed by atoms with Gasteiger partial charge in [-0.15, -0.1) is 0 Å². The van der Waals surface area contributed by atoms with E-state index in [1.165, 1.54) is 0 Å². The van der Waals surface area contributed by atoms with Gasteiger partial charge in [-0.05, 0) is 22.3 Å². The van der Waals surface area contributed by atoms with Crippen molar-refractivity contribution in [2.24, 2.45) is 0 Å². The molecule has 0 aliphatic carbocycles. The largest absolute Gasteiger partial charge is 0.373 e. The van der Waals surface area contributed by atoms with E-state index in [0.29, 0.717) is 23.3 Å². The molecule has 2 nitrogen and oxygen atoms in total. The maximum Gasteiger partial charge on any atom is 0.167 e. The summed E-state index contributed by atoms with van der Waals surface area (Å²) in [6.45, 7) is 1.61. The highest BCUT2D eigenvalue weighted by Crippen LogP contribution is 2.32. The van der Waals surface area contributed by atoms with Crippen molar-refractivity contribution in [3.63, 3.8) is 0 Å². The highest BCUT2D eigenvalue weighted by molar-refractivity contribution is 5.72. The lowest BCUT2D eigenvalue weighted by atomic mass is 9.97. The predicted molar refractivity (Wildman–Crippen MR) is 104 cm³/mol. The Hall–Kier alpha value is -2.56. The first-order chi connectivity index (χ1) is 13.7. The van der Waals surface area contributed by atoms with Crippen LogP contribution in [0, 0.1) is 11.6 Å². The third-order valence-electron chi connectivity index (χ3n) is 5.34. The average Bonchev–Trinajstić information content (AvgIpc) is 3.63. The van der Waals surface area contributed by atoms with Crippen molar-refractivity contribution in [3.8, 4) is 22.3 Å². The summed E-state index contributed by atoms with van der Waals surface area (Å²) < 4.78 is 40.1. The summed E-state index contributed by atoms with van der Waals surface area (Å²) in [4.78, 5) is 0. The highest BCUT2D eigenvalue weighted by atomic mass is 19.2. The van der Waals surface area contributed by atoms with E-state index >= 15 is 0 Å². The molecule has 0 N–H and O–H groups in total. The van der Waals surface area contributed by atoms with Crippen LogP contribution in [0.25, 0.3) is 22.3 Å². The van der Waals surface area contributed by atoms with Crippen molar-refractivity contribution in [1.82, 2.24) is 0 Å². The molecule has 142 valence electrons. The van der Waals surface area contributed by atoms with Crippen LogP contribution < -0.4 is 0 Å². The number of epoxide rings is 2. The van der Waals surface area contributed by atoms with Gasteiger partial charge in [-0.2, -0.15) is 0 Å². The standard InChI is InChI=1S/C24H20F2O2/c25-23-21(17-5-1-15(2-6-17)11-19-13-27-19)9-10-22(24(23)26)18-7-3-16(4-8-18)12-20-14-28-20/h1-10,19-20H,11-14H2. The molecule has 2 aliphatic rings. The lowest BCUT2D eigenvalue weighted by Gasteiger charge is -2.10. The molecule has 3 aromatic rings. The van der Waals surface area contributed by atoms with E-state index in [4.69, 9.17) is 9.47 Å². The van der Waals surface area contributed by atoms with Gasteiger partial charge < -0.3 is 9.47 Å². The summed E-state index contributed by atoms with van der Waals surface area (Å²) in [7, 11) is 0. The van der Waals surface area contributed by atoms with Gasteiger partial charge in [-0.25, -0.2) is 8.78 Å². The quantitative estimate of drug-likeness (QED) is 0.552. The van der Waals surface area contributed by atoms with Gasteiger partial charge in [0, 0.05) is 24.0 Å². The van der Waals surface area contributed by atoms with E-state index in [1.807, 2.05) is 48.5 Å². The molecule has 28 heavy (non-hydrogen) atoms. The van der Waals surface area contributed by atoms with Crippen molar-refractivity contribution >= 4 is 0 Å². The first-order valence-electron chi connectivity index (χ1n) is 9.57. The summed E-state index contributed by atoms with van der Waals surface area (Å²) in [5.41, 5.74) is 4.17. The number of halogens is 2. The monoisotopic (exact) mass is 378 g/mol. The Labute approximate surface area is 162 Å². The molecule has 2 fully saturated rings. The first kappa shape index (κ1) is 17.5. The Morgan fingerprint density at radius 1 is 0.607 bits per heavy atom. The van der Waals surface area contributed by atoms with Gasteiger partial charge in [0.05, 0.1) is 25.4 Å². The molecular weight excluding hydrogens is 358 g/mol. The van der Waals surface area contributed by atoms with Gasteiger partial charge in [0.15, 0.2) is 11.6 Å². The summed E-state index contributed by atoms with van der Waals surface area (Å²) in [6.07, 6.45) is 2.34. The first-order valence-corrected chi connectivity index (χ1v) is 9.57. The van der Waals surface area contributed by atoms with Crippen molar-refractivity contribution in [2.75, 3.05) is 13.2 Å². The van der Waals surface area contributed by atoms with Gasteiger partial charge >= 0.3 is 0 Å². The molecule has 0 amide bonds. The zero-order valence-electron chi connectivity index (χ0n) is 15.3. The third-order valence-corrected chi connectivity index (χ3v) is 5.34. The Bertz CT molecular complexity index is 906. The maximum absolute atomic E-state index is 14.8. The van der Waals surface area contributed by atoms with E-state index in [1.54, 1.807) is 12.1 Å². The molecule has 2 heterocycles. The Morgan fingerprint density at radius 3 is 1.29 bits per heavy atom. The molecule has 2 atom stereocenters. The van der Waals surface area contributed by atoms with E-state index in [0.717, 1.165) is 37.2 Å². The van der Waals surface area contributed by atoms with Gasteiger partial charge in [0.2, 0.25) is 0 Å². The van der Waals surface area contributed by atoms with Crippen LogP contribution in [-0.2, 0) is 22.3 Å². The highest BCUT2D eigenvalue weighted by Gasteiger charge is 2.23. The zero-order chi connectivity index (χ0) is 19.1. The Morgan fingerprint density at radius 2 is 0.964 bits per heavy atom. The number of benzene rings is 3. The Kier molecular flexibility index (Phi) is 4.46. The number of hydrogen-bond donors (Lipinski definition) is 0. The van der Waals surface area contributed by atoms with Crippen molar-refractivity contribution < 1.29 is 18.3 Å². The number of ether oxygens (including phenoxy) is 2. The summed E-state index contributed by atoms with van der Waals surface area (Å²) in [6, 6.07) is 18.4. The minimum atomic E-state index is -0.814. The molecule has 2 unspecified atom stereocenters. The molecule has 0 aromatic heterocycles. The van der Waals surface area contributed by atoms with Gasteiger partial charge in [0.1, 0.15) is 0 Å². The molecular formula is C24H20F2O2. The van der Waals surface area contributed by atoms with Crippen LogP contribution in [0.15, 0.2) is 60.7 Å². The van der Waals surface area contributed by atoms with Crippen molar-refractivity contribution in [2.45, 2.75) is 25.0 Å². The van der Waals surface area contributed by atoms with Crippen LogP contribution in [0.5, 0.6) is 0 Å². The normalized spacial score (nSPS) is 20.2. The minimum Gasteiger partial charge on any atom is -0.373 e. The Balaban J connectivity index is 1.39. The number of hydrogen-bond acceptors (Lipinski definition) is 2. The second-order valence-corrected chi connectivity index (χ2v) is 7.50. The van der Waals surface area contributed by atoms with E-state index in [-0.39, 0.29) is 11.1 Å². The molecule has 0 radical (unpaired) electrons. The van der Waals surface area contributed by atoms with E-state index in [2.05, 4.69) is 0 Å². The van der Waals surface area contributed by atoms with Crippen LogP contribution >= 0.6 is 0 Å². The van der Waals surface area contributed by atoms with E-state index < -0.39 is 11.6 Å². The van der Waals surface area contributed by atoms with Crippen LogP contribution in [0.4, 0.5) is 8.78 Å². The molecule has 4 heteroatoms. The molecule has 0 spiro atoms. The second kappa shape index (κ2) is 7.12. The molecule has 0 saturated carbocycles. The molecule has 5 rings (SSSR count). The molecule has 3 aromatic carbocycles. The van der Waals surface area contributed by atoms with Gasteiger partial charge in [-0.3, -0.25) is 0 Å².